The molecule has 1 N–H and O–H groups in total. The number of rotatable bonds is 4. The third-order valence-electron chi connectivity index (χ3n) is 5.81. The summed E-state index contributed by atoms with van der Waals surface area (Å²) in [6.07, 6.45) is 0. The van der Waals surface area contributed by atoms with Gasteiger partial charge in [-0.05, 0) is 31.3 Å². The SMILES string of the molecule is COc1cccc(F)c1-n1nc2c(-c3cccc(N4CCN(C)CC4)c3)n[nH]c2cc1=O. The number of likely N-dealkylation sites (N-methyl/N-ethyl adjacent to an activating group) is 1. The zero-order valence-electron chi connectivity index (χ0n) is 17.9. The highest BCUT2D eigenvalue weighted by molar-refractivity contribution is 5.89. The Labute approximate surface area is 183 Å². The number of hydrogen-bond acceptors (Lipinski definition) is 6. The van der Waals surface area contributed by atoms with Gasteiger partial charge in [0.2, 0.25) is 0 Å². The Morgan fingerprint density at radius 1 is 1.06 bits per heavy atom. The number of methoxy groups -OCH3 is 1. The first-order valence-corrected chi connectivity index (χ1v) is 10.4. The first-order chi connectivity index (χ1) is 15.5. The van der Waals surface area contributed by atoms with Gasteiger partial charge in [0.15, 0.2) is 5.82 Å². The van der Waals surface area contributed by atoms with Crippen LogP contribution in [0.25, 0.3) is 28.0 Å². The summed E-state index contributed by atoms with van der Waals surface area (Å²) in [6.45, 7) is 3.92. The van der Waals surface area contributed by atoms with Crippen molar-refractivity contribution in [3.05, 3.63) is 64.7 Å². The molecule has 0 atom stereocenters. The summed E-state index contributed by atoms with van der Waals surface area (Å²) in [5.74, 6) is -0.374. The van der Waals surface area contributed by atoms with E-state index in [-0.39, 0.29) is 11.4 Å². The van der Waals surface area contributed by atoms with E-state index in [9.17, 15) is 9.18 Å². The highest BCUT2D eigenvalue weighted by Crippen LogP contribution is 2.29. The van der Waals surface area contributed by atoms with Crippen LogP contribution in [0.4, 0.5) is 10.1 Å². The van der Waals surface area contributed by atoms with E-state index in [0.717, 1.165) is 42.1 Å². The van der Waals surface area contributed by atoms with E-state index in [2.05, 4.69) is 44.3 Å². The molecule has 2 aromatic heterocycles. The molecule has 1 saturated heterocycles. The molecule has 0 amide bonds. The van der Waals surface area contributed by atoms with E-state index in [4.69, 9.17) is 4.74 Å². The minimum Gasteiger partial charge on any atom is -0.494 e. The van der Waals surface area contributed by atoms with Crippen LogP contribution in [-0.4, -0.2) is 65.2 Å². The summed E-state index contributed by atoms with van der Waals surface area (Å²) in [4.78, 5) is 17.4. The number of benzene rings is 2. The lowest BCUT2D eigenvalue weighted by molar-refractivity contribution is 0.313. The molecule has 2 aromatic carbocycles. The zero-order valence-corrected chi connectivity index (χ0v) is 17.9. The van der Waals surface area contributed by atoms with Crippen molar-refractivity contribution in [3.63, 3.8) is 0 Å². The van der Waals surface area contributed by atoms with E-state index in [1.165, 1.54) is 25.3 Å². The third kappa shape index (κ3) is 3.50. The van der Waals surface area contributed by atoms with E-state index in [1.807, 2.05) is 12.1 Å². The fourth-order valence-electron chi connectivity index (χ4n) is 4.03. The standard InChI is InChI=1S/C23H23FN6O2/c1-28-9-11-29(12-10-28)16-6-3-5-15(13-16)21-22-18(25-26-21)14-20(31)30(27-22)23-17(24)7-4-8-19(23)32-2/h3-8,13-14,25H,9-12H2,1-2H3. The Morgan fingerprint density at radius 2 is 1.84 bits per heavy atom. The summed E-state index contributed by atoms with van der Waals surface area (Å²) in [6, 6.07) is 13.8. The number of fused-ring (bicyclic) bond motifs is 1. The molecule has 32 heavy (non-hydrogen) atoms. The maximum atomic E-state index is 14.6. The lowest BCUT2D eigenvalue weighted by atomic mass is 10.1. The van der Waals surface area contributed by atoms with Gasteiger partial charge in [0.05, 0.1) is 12.6 Å². The van der Waals surface area contributed by atoms with Crippen molar-refractivity contribution in [2.24, 2.45) is 0 Å². The predicted molar refractivity (Wildman–Crippen MR) is 121 cm³/mol. The maximum absolute atomic E-state index is 14.6. The summed E-state index contributed by atoms with van der Waals surface area (Å²) in [5, 5.41) is 11.8. The number of ether oxygens (including phenoxy) is 1. The Hall–Kier alpha value is -3.72. The number of halogens is 1. The number of hydrogen-bond donors (Lipinski definition) is 1. The quantitative estimate of drug-likeness (QED) is 0.532. The monoisotopic (exact) mass is 434 g/mol. The highest BCUT2D eigenvalue weighted by atomic mass is 19.1. The van der Waals surface area contributed by atoms with Crippen molar-refractivity contribution in [2.45, 2.75) is 0 Å². The molecule has 9 heteroatoms. The number of nitrogens with zero attached hydrogens (tertiary/aromatic N) is 5. The molecule has 0 unspecified atom stereocenters. The Kier molecular flexibility index (Phi) is 5.10. The van der Waals surface area contributed by atoms with Gasteiger partial charge in [-0.15, -0.1) is 0 Å². The number of H-pyrrole nitrogens is 1. The second kappa shape index (κ2) is 8.08. The van der Waals surface area contributed by atoms with Gasteiger partial charge in [-0.3, -0.25) is 9.89 Å². The van der Waals surface area contributed by atoms with Gasteiger partial charge < -0.3 is 14.5 Å². The lowest BCUT2D eigenvalue weighted by Crippen LogP contribution is -2.44. The second-order valence-electron chi connectivity index (χ2n) is 7.86. The molecular weight excluding hydrogens is 411 g/mol. The van der Waals surface area contributed by atoms with E-state index < -0.39 is 11.4 Å². The summed E-state index contributed by atoms with van der Waals surface area (Å²) in [5.41, 5.74) is 3.02. The van der Waals surface area contributed by atoms with Crippen molar-refractivity contribution >= 4 is 16.7 Å². The third-order valence-corrected chi connectivity index (χ3v) is 5.81. The molecule has 0 bridgehead atoms. The molecular formula is C23H23FN6O2. The maximum Gasteiger partial charge on any atom is 0.273 e. The first kappa shape index (κ1) is 20.2. The van der Waals surface area contributed by atoms with Gasteiger partial charge in [0, 0.05) is 43.5 Å². The van der Waals surface area contributed by atoms with Crippen LogP contribution in [0.5, 0.6) is 5.75 Å². The van der Waals surface area contributed by atoms with Crippen molar-refractivity contribution < 1.29 is 9.13 Å². The fourth-order valence-corrected chi connectivity index (χ4v) is 4.03. The second-order valence-corrected chi connectivity index (χ2v) is 7.86. The highest BCUT2D eigenvalue weighted by Gasteiger charge is 2.19. The molecule has 0 spiro atoms. The number of anilines is 1. The molecule has 4 aromatic rings. The van der Waals surface area contributed by atoms with Crippen LogP contribution in [-0.2, 0) is 0 Å². The van der Waals surface area contributed by atoms with Crippen molar-refractivity contribution in [1.29, 1.82) is 0 Å². The molecule has 3 heterocycles. The number of aromatic amines is 1. The number of piperazine rings is 1. The predicted octanol–water partition coefficient (Wildman–Crippen LogP) is 2.68. The summed E-state index contributed by atoms with van der Waals surface area (Å²) < 4.78 is 20.9. The topological polar surface area (TPSA) is 79.3 Å². The lowest BCUT2D eigenvalue weighted by Gasteiger charge is -2.34. The molecule has 1 aliphatic heterocycles. The number of aromatic nitrogens is 4. The average molecular weight is 434 g/mol. The normalized spacial score (nSPS) is 14.8. The fraction of sp³-hybridized carbons (Fsp3) is 0.261. The van der Waals surface area contributed by atoms with Crippen molar-refractivity contribution in [2.75, 3.05) is 45.2 Å². The molecule has 0 aliphatic carbocycles. The van der Waals surface area contributed by atoms with Gasteiger partial charge in [-0.2, -0.15) is 14.9 Å². The van der Waals surface area contributed by atoms with Crippen LogP contribution in [0, 0.1) is 5.82 Å². The van der Waals surface area contributed by atoms with Gasteiger partial charge in [0.1, 0.15) is 22.6 Å². The van der Waals surface area contributed by atoms with Crippen LogP contribution in [0.1, 0.15) is 0 Å². The molecule has 5 rings (SSSR count). The van der Waals surface area contributed by atoms with Crippen molar-refractivity contribution in [3.8, 4) is 22.7 Å². The van der Waals surface area contributed by atoms with E-state index >= 15 is 0 Å². The molecule has 0 saturated carbocycles. The first-order valence-electron chi connectivity index (χ1n) is 10.4. The van der Waals surface area contributed by atoms with E-state index in [0.29, 0.717) is 16.7 Å². The van der Waals surface area contributed by atoms with Gasteiger partial charge >= 0.3 is 0 Å². The molecule has 164 valence electrons. The molecule has 0 radical (unpaired) electrons. The van der Waals surface area contributed by atoms with Gasteiger partial charge in [-0.1, -0.05) is 18.2 Å². The summed E-state index contributed by atoms with van der Waals surface area (Å²) in [7, 11) is 3.55. The molecule has 1 fully saturated rings. The van der Waals surface area contributed by atoms with Crippen LogP contribution in [0.2, 0.25) is 0 Å². The number of nitrogens with one attached hydrogen (secondary N) is 1. The Bertz CT molecular complexity index is 1340. The number of para-hydroxylation sites is 1. The van der Waals surface area contributed by atoms with Crippen molar-refractivity contribution in [1.82, 2.24) is 24.9 Å². The minimum absolute atomic E-state index is 0.0276. The minimum atomic E-state index is -0.597. The smallest absolute Gasteiger partial charge is 0.273 e. The average Bonchev–Trinajstić information content (AvgIpc) is 3.21. The van der Waals surface area contributed by atoms with Gasteiger partial charge in [0.25, 0.3) is 5.56 Å². The molecule has 8 nitrogen and oxygen atoms in total. The van der Waals surface area contributed by atoms with Crippen LogP contribution < -0.4 is 15.2 Å². The van der Waals surface area contributed by atoms with Gasteiger partial charge in [-0.25, -0.2) is 4.39 Å². The van der Waals surface area contributed by atoms with E-state index in [1.54, 1.807) is 6.07 Å². The summed E-state index contributed by atoms with van der Waals surface area (Å²) >= 11 is 0. The van der Waals surface area contributed by atoms with Crippen LogP contribution in [0.3, 0.4) is 0 Å². The van der Waals surface area contributed by atoms with Crippen LogP contribution >= 0.6 is 0 Å². The largest absolute Gasteiger partial charge is 0.494 e. The van der Waals surface area contributed by atoms with Crippen LogP contribution in [0.15, 0.2) is 53.3 Å². The Balaban J connectivity index is 1.61. The zero-order chi connectivity index (χ0) is 22.2. The Morgan fingerprint density at radius 3 is 2.62 bits per heavy atom. The molecule has 1 aliphatic rings.